The summed E-state index contributed by atoms with van der Waals surface area (Å²) in [5.74, 6) is -0.0767. The van der Waals surface area contributed by atoms with Gasteiger partial charge in [0.15, 0.2) is 0 Å². The Bertz CT molecular complexity index is 875. The summed E-state index contributed by atoms with van der Waals surface area (Å²) in [6, 6.07) is 15.2. The van der Waals surface area contributed by atoms with Crippen molar-refractivity contribution in [2.75, 3.05) is 0 Å². The highest BCUT2D eigenvalue weighted by Gasteiger charge is 2.30. The number of hydrogen-bond acceptors (Lipinski definition) is 2. The van der Waals surface area contributed by atoms with Gasteiger partial charge in [-0.25, -0.2) is 0 Å². The summed E-state index contributed by atoms with van der Waals surface area (Å²) in [5, 5.41) is 3.88. The van der Waals surface area contributed by atoms with Gasteiger partial charge in [0.05, 0.1) is 6.42 Å². The van der Waals surface area contributed by atoms with Gasteiger partial charge >= 0.3 is 0 Å². The molecule has 0 saturated heterocycles. The van der Waals surface area contributed by atoms with Gasteiger partial charge in [0, 0.05) is 17.6 Å². The molecule has 5 heteroatoms. The molecule has 0 radical (unpaired) electrons. The van der Waals surface area contributed by atoms with E-state index in [1.807, 2.05) is 62.4 Å². The average molecular weight is 441 g/mol. The molecule has 1 aliphatic carbocycles. The monoisotopic (exact) mass is 440 g/mol. The summed E-state index contributed by atoms with van der Waals surface area (Å²) in [6.45, 7) is 4.38. The molecule has 2 amide bonds. The molecule has 0 unspecified atom stereocenters. The molecule has 2 aromatic carbocycles. The lowest BCUT2D eigenvalue weighted by atomic mass is 9.95. The predicted octanol–water partition coefficient (Wildman–Crippen LogP) is 5.45. The fourth-order valence-electron chi connectivity index (χ4n) is 4.35. The van der Waals surface area contributed by atoms with E-state index >= 15 is 0 Å². The van der Waals surface area contributed by atoms with Gasteiger partial charge in [-0.2, -0.15) is 0 Å². The van der Waals surface area contributed by atoms with Crippen LogP contribution in [0.1, 0.15) is 62.1 Å². The van der Waals surface area contributed by atoms with E-state index in [4.69, 9.17) is 11.6 Å². The third kappa shape index (κ3) is 6.83. The maximum atomic E-state index is 13.4. The lowest BCUT2D eigenvalue weighted by molar-refractivity contribution is -0.141. The third-order valence-electron chi connectivity index (χ3n) is 6.04. The number of amides is 2. The number of carbonyl (C=O) groups is 2. The molecule has 3 rings (SSSR count). The quantitative estimate of drug-likeness (QED) is 0.593. The fraction of sp³-hybridized carbons (Fsp3) is 0.462. The Hall–Kier alpha value is -2.33. The molecule has 4 nitrogen and oxygen atoms in total. The van der Waals surface area contributed by atoms with Crippen molar-refractivity contribution in [2.45, 2.75) is 77.4 Å². The van der Waals surface area contributed by atoms with Crippen molar-refractivity contribution in [1.29, 1.82) is 0 Å². The summed E-state index contributed by atoms with van der Waals surface area (Å²) in [7, 11) is 0. The van der Waals surface area contributed by atoms with Crippen LogP contribution in [-0.2, 0) is 22.6 Å². The standard InChI is InChI=1S/C26H33ClN2O2/c1-3-24(26(31)28-23-10-5-4-6-11-23)29(18-20-12-14-22(27)15-13-20)25(30)17-21-9-7-8-19(2)16-21/h7-9,12-16,23-24H,3-6,10-11,17-18H2,1-2H3,(H,28,31)/t24-/m1/s1. The van der Waals surface area contributed by atoms with Gasteiger partial charge in [0.25, 0.3) is 0 Å². The number of nitrogens with zero attached hydrogens (tertiary/aromatic N) is 1. The average Bonchev–Trinajstić information content (AvgIpc) is 2.75. The summed E-state index contributed by atoms with van der Waals surface area (Å²) in [4.78, 5) is 28.4. The van der Waals surface area contributed by atoms with Crippen molar-refractivity contribution in [3.8, 4) is 0 Å². The summed E-state index contributed by atoms with van der Waals surface area (Å²) >= 11 is 6.04. The van der Waals surface area contributed by atoms with Crippen LogP contribution in [0.3, 0.4) is 0 Å². The van der Waals surface area contributed by atoms with Gasteiger partial charge in [-0.3, -0.25) is 9.59 Å². The molecule has 2 aromatic rings. The van der Waals surface area contributed by atoms with Gasteiger partial charge in [0.2, 0.25) is 11.8 Å². The first-order valence-electron chi connectivity index (χ1n) is 11.4. The molecular formula is C26H33ClN2O2. The van der Waals surface area contributed by atoms with E-state index in [-0.39, 0.29) is 24.3 Å². The van der Waals surface area contributed by atoms with Gasteiger partial charge in [-0.05, 0) is 49.4 Å². The molecule has 0 aliphatic heterocycles. The second-order valence-corrected chi connectivity index (χ2v) is 9.02. The number of rotatable bonds is 8. The Labute approximate surface area is 191 Å². The SMILES string of the molecule is CC[C@H](C(=O)NC1CCCCC1)N(Cc1ccc(Cl)cc1)C(=O)Cc1cccc(C)c1. The third-order valence-corrected chi connectivity index (χ3v) is 6.29. The first-order chi connectivity index (χ1) is 15.0. The van der Waals surface area contributed by atoms with Crippen LogP contribution in [0.15, 0.2) is 48.5 Å². The number of aryl methyl sites for hydroxylation is 1. The molecule has 31 heavy (non-hydrogen) atoms. The van der Waals surface area contributed by atoms with Crippen molar-refractivity contribution in [1.82, 2.24) is 10.2 Å². The zero-order valence-electron chi connectivity index (χ0n) is 18.6. The minimum absolute atomic E-state index is 0.0359. The van der Waals surface area contributed by atoms with Crippen LogP contribution in [0.4, 0.5) is 0 Å². The largest absolute Gasteiger partial charge is 0.352 e. The molecule has 0 spiro atoms. The summed E-state index contributed by atoms with van der Waals surface area (Å²) in [6.07, 6.45) is 6.45. The Balaban J connectivity index is 1.80. The van der Waals surface area contributed by atoms with Crippen molar-refractivity contribution in [3.05, 3.63) is 70.2 Å². The van der Waals surface area contributed by atoms with Crippen molar-refractivity contribution in [2.24, 2.45) is 0 Å². The number of halogens is 1. The van der Waals surface area contributed by atoms with Crippen LogP contribution in [0.5, 0.6) is 0 Å². The molecule has 1 aliphatic rings. The lowest BCUT2D eigenvalue weighted by Crippen LogP contribution is -2.51. The van der Waals surface area contributed by atoms with Crippen LogP contribution < -0.4 is 5.32 Å². The molecule has 1 saturated carbocycles. The molecule has 0 heterocycles. The van der Waals surface area contributed by atoms with E-state index < -0.39 is 6.04 Å². The fourth-order valence-corrected chi connectivity index (χ4v) is 4.47. The van der Waals surface area contributed by atoms with E-state index in [2.05, 4.69) is 5.32 Å². The maximum absolute atomic E-state index is 13.4. The van der Waals surface area contributed by atoms with Crippen LogP contribution in [0, 0.1) is 6.92 Å². The molecule has 1 fully saturated rings. The van der Waals surface area contributed by atoms with Crippen molar-refractivity contribution < 1.29 is 9.59 Å². The van der Waals surface area contributed by atoms with E-state index in [1.165, 1.54) is 6.42 Å². The lowest BCUT2D eigenvalue weighted by Gasteiger charge is -2.33. The van der Waals surface area contributed by atoms with Crippen molar-refractivity contribution >= 4 is 23.4 Å². The Morgan fingerprint density at radius 2 is 1.77 bits per heavy atom. The van der Waals surface area contributed by atoms with E-state index in [1.54, 1.807) is 4.90 Å². The van der Waals surface area contributed by atoms with Crippen molar-refractivity contribution in [3.63, 3.8) is 0 Å². The van der Waals surface area contributed by atoms with Gasteiger partial charge in [-0.15, -0.1) is 0 Å². The van der Waals surface area contributed by atoms with E-state index in [0.717, 1.165) is 42.4 Å². The number of hydrogen-bond donors (Lipinski definition) is 1. The molecule has 166 valence electrons. The first kappa shape index (κ1) is 23.3. The normalized spacial score (nSPS) is 15.3. The van der Waals surface area contributed by atoms with Gasteiger partial charge in [-0.1, -0.05) is 79.7 Å². The Kier molecular flexibility index (Phi) is 8.53. The highest BCUT2D eigenvalue weighted by Crippen LogP contribution is 2.20. The minimum atomic E-state index is -0.491. The topological polar surface area (TPSA) is 49.4 Å². The second kappa shape index (κ2) is 11.3. The molecule has 0 aromatic heterocycles. The van der Waals surface area contributed by atoms with Crippen LogP contribution in [0.2, 0.25) is 5.02 Å². The second-order valence-electron chi connectivity index (χ2n) is 8.58. The zero-order valence-corrected chi connectivity index (χ0v) is 19.3. The highest BCUT2D eigenvalue weighted by atomic mass is 35.5. The molecule has 1 N–H and O–H groups in total. The van der Waals surface area contributed by atoms with E-state index in [0.29, 0.717) is 18.0 Å². The van der Waals surface area contributed by atoms with Crippen LogP contribution in [-0.4, -0.2) is 28.8 Å². The number of carbonyl (C=O) groups excluding carboxylic acids is 2. The van der Waals surface area contributed by atoms with Gasteiger partial charge < -0.3 is 10.2 Å². The maximum Gasteiger partial charge on any atom is 0.243 e. The smallest absolute Gasteiger partial charge is 0.243 e. The zero-order chi connectivity index (χ0) is 22.2. The minimum Gasteiger partial charge on any atom is -0.352 e. The van der Waals surface area contributed by atoms with Crippen LogP contribution >= 0.6 is 11.6 Å². The Morgan fingerprint density at radius 3 is 2.42 bits per heavy atom. The summed E-state index contributed by atoms with van der Waals surface area (Å²) in [5.41, 5.74) is 3.05. The molecule has 1 atom stereocenters. The highest BCUT2D eigenvalue weighted by molar-refractivity contribution is 6.30. The first-order valence-corrected chi connectivity index (χ1v) is 11.7. The molecular weight excluding hydrogens is 408 g/mol. The Morgan fingerprint density at radius 1 is 1.06 bits per heavy atom. The predicted molar refractivity (Wildman–Crippen MR) is 126 cm³/mol. The molecule has 0 bridgehead atoms. The number of nitrogens with one attached hydrogen (secondary N) is 1. The van der Waals surface area contributed by atoms with E-state index in [9.17, 15) is 9.59 Å². The van der Waals surface area contributed by atoms with Gasteiger partial charge in [0.1, 0.15) is 6.04 Å². The van der Waals surface area contributed by atoms with Crippen LogP contribution in [0.25, 0.3) is 0 Å². The summed E-state index contributed by atoms with van der Waals surface area (Å²) < 4.78 is 0. The number of benzene rings is 2.